The van der Waals surface area contributed by atoms with Crippen molar-refractivity contribution in [1.29, 1.82) is 0 Å². The highest BCUT2D eigenvalue weighted by Gasteiger charge is 2.19. The maximum Gasteiger partial charge on any atom is 0.339 e. The third-order valence-electron chi connectivity index (χ3n) is 4.27. The predicted molar refractivity (Wildman–Crippen MR) is 84.0 cm³/mol. The van der Waals surface area contributed by atoms with Gasteiger partial charge in [-0.05, 0) is 39.8 Å². The molecule has 1 saturated carbocycles. The molecule has 0 atom stereocenters. The van der Waals surface area contributed by atoms with Gasteiger partial charge in [-0.25, -0.2) is 4.79 Å². The topological polar surface area (TPSA) is 65.5 Å². The summed E-state index contributed by atoms with van der Waals surface area (Å²) < 4.78 is 0. The highest BCUT2D eigenvalue weighted by atomic mass is 16.4. The van der Waals surface area contributed by atoms with E-state index in [-0.39, 0.29) is 5.56 Å². The van der Waals surface area contributed by atoms with Crippen LogP contribution in [0, 0.1) is 13.8 Å². The number of nitrogens with one attached hydrogen (secondary N) is 1. The van der Waals surface area contributed by atoms with Crippen LogP contribution in [0.25, 0.3) is 0 Å². The molecular formula is C16H25N3O2. The lowest BCUT2D eigenvalue weighted by molar-refractivity contribution is 0.0696. The largest absolute Gasteiger partial charge is 0.478 e. The number of likely N-dealkylation sites (N-methyl/N-ethyl adjacent to an activating group) is 1. The van der Waals surface area contributed by atoms with Crippen molar-refractivity contribution in [3.63, 3.8) is 0 Å². The van der Waals surface area contributed by atoms with E-state index in [4.69, 9.17) is 0 Å². The van der Waals surface area contributed by atoms with E-state index >= 15 is 0 Å². The number of aromatic carboxylic acids is 1. The molecule has 0 amide bonds. The molecule has 116 valence electrons. The second-order valence-corrected chi connectivity index (χ2v) is 5.92. The normalized spacial score (nSPS) is 15.6. The molecular weight excluding hydrogens is 266 g/mol. The number of rotatable bonds is 6. The molecule has 2 rings (SSSR count). The van der Waals surface area contributed by atoms with E-state index in [0.717, 1.165) is 18.8 Å². The summed E-state index contributed by atoms with van der Waals surface area (Å²) in [5, 5.41) is 12.6. The maximum atomic E-state index is 11.4. The second-order valence-electron chi connectivity index (χ2n) is 5.92. The van der Waals surface area contributed by atoms with E-state index in [1.807, 2.05) is 13.0 Å². The van der Waals surface area contributed by atoms with Crippen LogP contribution in [0.5, 0.6) is 0 Å². The number of anilines is 1. The van der Waals surface area contributed by atoms with E-state index in [0.29, 0.717) is 17.4 Å². The Kier molecular flexibility index (Phi) is 5.17. The third kappa shape index (κ3) is 3.94. The molecule has 2 N–H and O–H groups in total. The summed E-state index contributed by atoms with van der Waals surface area (Å²) in [5.74, 6) is -0.924. The van der Waals surface area contributed by atoms with Crippen LogP contribution in [-0.4, -0.2) is 47.1 Å². The predicted octanol–water partition coefficient (Wildman–Crippen LogP) is 2.68. The van der Waals surface area contributed by atoms with Gasteiger partial charge in [-0.2, -0.15) is 0 Å². The zero-order valence-corrected chi connectivity index (χ0v) is 13.1. The number of nitrogens with zero attached hydrogens (tertiary/aromatic N) is 2. The first kappa shape index (κ1) is 15.8. The Bertz CT molecular complexity index is 510. The summed E-state index contributed by atoms with van der Waals surface area (Å²) >= 11 is 0. The number of carboxylic acids is 1. The van der Waals surface area contributed by atoms with Gasteiger partial charge in [-0.1, -0.05) is 12.8 Å². The molecule has 21 heavy (non-hydrogen) atoms. The minimum Gasteiger partial charge on any atom is -0.478 e. The Morgan fingerprint density at radius 2 is 2.10 bits per heavy atom. The van der Waals surface area contributed by atoms with Crippen molar-refractivity contribution in [3.8, 4) is 0 Å². The molecule has 0 unspecified atom stereocenters. The number of pyridine rings is 1. The van der Waals surface area contributed by atoms with Crippen LogP contribution in [0.3, 0.4) is 0 Å². The summed E-state index contributed by atoms with van der Waals surface area (Å²) in [6, 6.07) is 2.50. The van der Waals surface area contributed by atoms with Crippen LogP contribution in [0.1, 0.15) is 47.4 Å². The lowest BCUT2D eigenvalue weighted by atomic mass is 10.1. The molecule has 1 aromatic rings. The Balaban J connectivity index is 1.97. The van der Waals surface area contributed by atoms with Crippen molar-refractivity contribution in [1.82, 2.24) is 9.88 Å². The van der Waals surface area contributed by atoms with Gasteiger partial charge >= 0.3 is 5.97 Å². The molecule has 1 aliphatic rings. The van der Waals surface area contributed by atoms with Gasteiger partial charge < -0.3 is 15.3 Å². The van der Waals surface area contributed by atoms with Crippen molar-refractivity contribution in [2.24, 2.45) is 0 Å². The summed E-state index contributed by atoms with van der Waals surface area (Å²) in [6.07, 6.45) is 5.22. The Morgan fingerprint density at radius 3 is 2.71 bits per heavy atom. The summed E-state index contributed by atoms with van der Waals surface area (Å²) in [4.78, 5) is 18.0. The zero-order valence-electron chi connectivity index (χ0n) is 13.1. The molecule has 0 saturated heterocycles. The fourth-order valence-electron chi connectivity index (χ4n) is 3.13. The molecule has 1 heterocycles. The number of aromatic nitrogens is 1. The standard InChI is InChI=1S/C16H25N3O2/c1-11-10-14(15(16(20)21)12(2)18-11)17-8-9-19(3)13-6-4-5-7-13/h10,13H,4-9H2,1-3H3,(H,17,18)(H,20,21). The van der Waals surface area contributed by atoms with Crippen LogP contribution < -0.4 is 5.32 Å². The van der Waals surface area contributed by atoms with E-state index in [2.05, 4.69) is 22.2 Å². The van der Waals surface area contributed by atoms with Gasteiger partial charge in [-0.3, -0.25) is 4.98 Å². The number of hydrogen-bond acceptors (Lipinski definition) is 4. The summed E-state index contributed by atoms with van der Waals surface area (Å²) in [5.41, 5.74) is 2.36. The first-order valence-electron chi connectivity index (χ1n) is 7.64. The van der Waals surface area contributed by atoms with Crippen LogP contribution >= 0.6 is 0 Å². The van der Waals surface area contributed by atoms with Crippen molar-refractivity contribution in [2.75, 3.05) is 25.5 Å². The van der Waals surface area contributed by atoms with Gasteiger partial charge in [0.25, 0.3) is 0 Å². The highest BCUT2D eigenvalue weighted by molar-refractivity contribution is 5.95. The zero-order chi connectivity index (χ0) is 15.4. The number of aryl methyl sites for hydroxylation is 2. The number of carbonyl (C=O) groups is 1. The lowest BCUT2D eigenvalue weighted by Gasteiger charge is -2.24. The quantitative estimate of drug-likeness (QED) is 0.843. The summed E-state index contributed by atoms with van der Waals surface area (Å²) in [6.45, 7) is 5.29. The first-order chi connectivity index (χ1) is 9.99. The molecule has 5 heteroatoms. The van der Waals surface area contributed by atoms with Crippen LogP contribution in [0.2, 0.25) is 0 Å². The van der Waals surface area contributed by atoms with E-state index in [1.54, 1.807) is 6.92 Å². The van der Waals surface area contributed by atoms with E-state index in [9.17, 15) is 9.90 Å². The highest BCUT2D eigenvalue weighted by Crippen LogP contribution is 2.22. The molecule has 0 radical (unpaired) electrons. The van der Waals surface area contributed by atoms with E-state index in [1.165, 1.54) is 25.7 Å². The molecule has 0 aromatic carbocycles. The van der Waals surface area contributed by atoms with Crippen molar-refractivity contribution < 1.29 is 9.90 Å². The molecule has 1 aromatic heterocycles. The maximum absolute atomic E-state index is 11.4. The van der Waals surface area contributed by atoms with Gasteiger partial charge in [0.1, 0.15) is 5.56 Å². The van der Waals surface area contributed by atoms with Gasteiger partial charge in [0, 0.05) is 24.8 Å². The lowest BCUT2D eigenvalue weighted by Crippen LogP contribution is -2.33. The fraction of sp³-hybridized carbons (Fsp3) is 0.625. The Morgan fingerprint density at radius 1 is 1.43 bits per heavy atom. The number of hydrogen-bond donors (Lipinski definition) is 2. The van der Waals surface area contributed by atoms with E-state index < -0.39 is 5.97 Å². The molecule has 0 bridgehead atoms. The minimum atomic E-state index is -0.924. The van der Waals surface area contributed by atoms with Crippen molar-refractivity contribution in [3.05, 3.63) is 23.0 Å². The van der Waals surface area contributed by atoms with Gasteiger partial charge in [-0.15, -0.1) is 0 Å². The van der Waals surface area contributed by atoms with Crippen LogP contribution in [0.15, 0.2) is 6.07 Å². The van der Waals surface area contributed by atoms with Gasteiger partial charge in [0.15, 0.2) is 0 Å². The number of carboxylic acid groups (broad SMARTS) is 1. The molecule has 5 nitrogen and oxygen atoms in total. The molecule has 0 aliphatic heterocycles. The average Bonchev–Trinajstić information content (AvgIpc) is 2.91. The Hall–Kier alpha value is -1.62. The molecule has 1 fully saturated rings. The monoisotopic (exact) mass is 291 g/mol. The first-order valence-corrected chi connectivity index (χ1v) is 7.64. The Labute approximate surface area is 126 Å². The smallest absolute Gasteiger partial charge is 0.339 e. The van der Waals surface area contributed by atoms with Gasteiger partial charge in [0.05, 0.1) is 11.4 Å². The molecule has 0 spiro atoms. The summed E-state index contributed by atoms with van der Waals surface area (Å²) in [7, 11) is 2.15. The van der Waals surface area contributed by atoms with Crippen LogP contribution in [0.4, 0.5) is 5.69 Å². The fourth-order valence-corrected chi connectivity index (χ4v) is 3.13. The van der Waals surface area contributed by atoms with Gasteiger partial charge in [0.2, 0.25) is 0 Å². The average molecular weight is 291 g/mol. The minimum absolute atomic E-state index is 0.282. The SMILES string of the molecule is Cc1cc(NCCN(C)C2CCCC2)c(C(=O)O)c(C)n1. The second kappa shape index (κ2) is 6.89. The van der Waals surface area contributed by atoms with Crippen molar-refractivity contribution >= 4 is 11.7 Å². The van der Waals surface area contributed by atoms with Crippen molar-refractivity contribution in [2.45, 2.75) is 45.6 Å². The van der Waals surface area contributed by atoms with Crippen LogP contribution in [-0.2, 0) is 0 Å². The third-order valence-corrected chi connectivity index (χ3v) is 4.27. The molecule has 1 aliphatic carbocycles.